The van der Waals surface area contributed by atoms with Crippen molar-refractivity contribution in [2.75, 3.05) is 6.54 Å². The largest absolute Gasteiger partial charge is 0.330 e. The molecule has 2 bridgehead atoms. The number of rotatable bonds is 2. The third kappa shape index (κ3) is 1.90. The summed E-state index contributed by atoms with van der Waals surface area (Å²) in [6, 6.07) is 0. The molecule has 2 rings (SSSR count). The maximum Gasteiger partial charge on any atom is -0.00462 e. The van der Waals surface area contributed by atoms with Gasteiger partial charge in [0.25, 0.3) is 0 Å². The number of nitrogens with two attached hydrogens (primary N) is 1. The summed E-state index contributed by atoms with van der Waals surface area (Å²) in [4.78, 5) is 0. The molecule has 0 amide bonds. The highest BCUT2D eigenvalue weighted by atomic mass is 14.6. The topological polar surface area (TPSA) is 26.0 Å². The molecule has 2 aliphatic carbocycles. The van der Waals surface area contributed by atoms with Crippen LogP contribution in [0.25, 0.3) is 0 Å². The van der Waals surface area contributed by atoms with Crippen molar-refractivity contribution < 1.29 is 0 Å². The Morgan fingerprint density at radius 3 is 2.69 bits per heavy atom. The zero-order valence-corrected chi connectivity index (χ0v) is 8.84. The van der Waals surface area contributed by atoms with E-state index in [-0.39, 0.29) is 0 Å². The van der Waals surface area contributed by atoms with Gasteiger partial charge in [0.05, 0.1) is 0 Å². The van der Waals surface area contributed by atoms with Crippen LogP contribution in [-0.4, -0.2) is 6.54 Å². The van der Waals surface area contributed by atoms with E-state index in [9.17, 15) is 0 Å². The maximum absolute atomic E-state index is 5.83. The Labute approximate surface area is 82.1 Å². The fourth-order valence-electron chi connectivity index (χ4n) is 3.57. The van der Waals surface area contributed by atoms with Crippen molar-refractivity contribution in [3.63, 3.8) is 0 Å². The Bertz CT molecular complexity index is 167. The van der Waals surface area contributed by atoms with Gasteiger partial charge in [0.1, 0.15) is 0 Å². The second-order valence-corrected chi connectivity index (χ2v) is 5.18. The molecular formula is C12H23N. The quantitative estimate of drug-likeness (QED) is 0.696. The van der Waals surface area contributed by atoms with Crippen LogP contribution < -0.4 is 5.73 Å². The molecule has 2 N–H and O–H groups in total. The molecule has 4 atom stereocenters. The number of fused-ring (bicyclic) bond motifs is 2. The zero-order chi connectivity index (χ0) is 9.26. The zero-order valence-electron chi connectivity index (χ0n) is 8.84. The molecule has 1 nitrogen and oxygen atoms in total. The van der Waals surface area contributed by atoms with Crippen LogP contribution in [0.4, 0.5) is 0 Å². The van der Waals surface area contributed by atoms with E-state index in [2.05, 4.69) is 6.92 Å². The van der Waals surface area contributed by atoms with E-state index in [0.29, 0.717) is 0 Å². The van der Waals surface area contributed by atoms with Gasteiger partial charge in [-0.2, -0.15) is 0 Å². The van der Waals surface area contributed by atoms with Crippen molar-refractivity contribution in [2.24, 2.45) is 29.4 Å². The molecule has 0 saturated heterocycles. The smallest absolute Gasteiger partial charge is 0.00462 e. The Morgan fingerprint density at radius 2 is 2.00 bits per heavy atom. The standard InChI is InChI=1S/C12H23N/c1-2-9-5-10-3-4-11(8-13)12(6-9)7-10/h9-12H,2-8,13H2,1H3. The van der Waals surface area contributed by atoms with E-state index in [1.807, 2.05) is 0 Å². The van der Waals surface area contributed by atoms with Crippen LogP contribution in [-0.2, 0) is 0 Å². The van der Waals surface area contributed by atoms with Crippen LogP contribution in [0.3, 0.4) is 0 Å². The molecule has 4 unspecified atom stereocenters. The van der Waals surface area contributed by atoms with Gasteiger partial charge in [-0.1, -0.05) is 19.8 Å². The molecule has 76 valence electrons. The van der Waals surface area contributed by atoms with Crippen molar-refractivity contribution in [1.82, 2.24) is 0 Å². The molecule has 0 spiro atoms. The molecule has 1 heteroatoms. The van der Waals surface area contributed by atoms with E-state index >= 15 is 0 Å². The summed E-state index contributed by atoms with van der Waals surface area (Å²) >= 11 is 0. The van der Waals surface area contributed by atoms with Crippen LogP contribution in [0.15, 0.2) is 0 Å². The van der Waals surface area contributed by atoms with Gasteiger partial charge in [0.15, 0.2) is 0 Å². The molecule has 0 radical (unpaired) electrons. The van der Waals surface area contributed by atoms with E-state index in [1.165, 1.54) is 38.5 Å². The van der Waals surface area contributed by atoms with E-state index in [0.717, 1.165) is 30.2 Å². The minimum atomic E-state index is 0.866. The summed E-state index contributed by atoms with van der Waals surface area (Å²) in [5.74, 6) is 3.94. The average Bonchev–Trinajstić information content (AvgIpc) is 2.18. The molecule has 0 aromatic heterocycles. The van der Waals surface area contributed by atoms with Crippen LogP contribution in [0.2, 0.25) is 0 Å². The molecular weight excluding hydrogens is 158 g/mol. The Hall–Kier alpha value is -0.0400. The van der Waals surface area contributed by atoms with Gasteiger partial charge >= 0.3 is 0 Å². The summed E-state index contributed by atoms with van der Waals surface area (Å²) in [6.07, 6.45) is 8.78. The second-order valence-electron chi connectivity index (χ2n) is 5.18. The summed E-state index contributed by atoms with van der Waals surface area (Å²) in [6.45, 7) is 3.29. The Morgan fingerprint density at radius 1 is 1.15 bits per heavy atom. The van der Waals surface area contributed by atoms with Gasteiger partial charge in [-0.15, -0.1) is 0 Å². The van der Waals surface area contributed by atoms with Crippen molar-refractivity contribution in [2.45, 2.75) is 45.4 Å². The third-order valence-corrected chi connectivity index (χ3v) is 4.43. The highest BCUT2D eigenvalue weighted by Crippen LogP contribution is 2.45. The molecule has 0 heterocycles. The Balaban J connectivity index is 1.98. The predicted molar refractivity (Wildman–Crippen MR) is 56.4 cm³/mol. The summed E-state index contributed by atoms with van der Waals surface area (Å²) in [7, 11) is 0. The van der Waals surface area contributed by atoms with Crippen molar-refractivity contribution >= 4 is 0 Å². The average molecular weight is 181 g/mol. The van der Waals surface area contributed by atoms with Gasteiger partial charge in [-0.25, -0.2) is 0 Å². The summed E-state index contributed by atoms with van der Waals surface area (Å²) < 4.78 is 0. The van der Waals surface area contributed by atoms with E-state index in [1.54, 1.807) is 0 Å². The van der Waals surface area contributed by atoms with Crippen LogP contribution >= 0.6 is 0 Å². The van der Waals surface area contributed by atoms with Crippen LogP contribution in [0.5, 0.6) is 0 Å². The molecule has 2 saturated carbocycles. The van der Waals surface area contributed by atoms with Gasteiger partial charge < -0.3 is 5.73 Å². The highest BCUT2D eigenvalue weighted by molar-refractivity contribution is 4.87. The molecule has 0 aromatic rings. The van der Waals surface area contributed by atoms with Crippen molar-refractivity contribution in [3.05, 3.63) is 0 Å². The molecule has 0 aromatic carbocycles. The first-order valence-corrected chi connectivity index (χ1v) is 6.03. The van der Waals surface area contributed by atoms with Gasteiger partial charge in [0, 0.05) is 0 Å². The predicted octanol–water partition coefficient (Wildman–Crippen LogP) is 2.80. The first-order valence-electron chi connectivity index (χ1n) is 6.03. The fourth-order valence-corrected chi connectivity index (χ4v) is 3.57. The second kappa shape index (κ2) is 4.00. The van der Waals surface area contributed by atoms with Crippen LogP contribution in [0.1, 0.15) is 45.4 Å². The SMILES string of the molecule is CCC1CC2CCC(CN)C(C1)C2. The van der Waals surface area contributed by atoms with Gasteiger partial charge in [0.2, 0.25) is 0 Å². The first-order chi connectivity index (χ1) is 6.33. The normalized spacial score (nSPS) is 44.8. The monoisotopic (exact) mass is 181 g/mol. The molecule has 13 heavy (non-hydrogen) atoms. The van der Waals surface area contributed by atoms with Crippen molar-refractivity contribution in [3.8, 4) is 0 Å². The molecule has 0 aliphatic heterocycles. The van der Waals surface area contributed by atoms with E-state index < -0.39 is 0 Å². The van der Waals surface area contributed by atoms with Crippen LogP contribution in [0, 0.1) is 23.7 Å². The van der Waals surface area contributed by atoms with Gasteiger partial charge in [-0.3, -0.25) is 0 Å². The summed E-state index contributed by atoms with van der Waals surface area (Å²) in [5, 5.41) is 0. The molecule has 2 fully saturated rings. The highest BCUT2D eigenvalue weighted by Gasteiger charge is 2.35. The number of hydrogen-bond donors (Lipinski definition) is 1. The Kier molecular flexibility index (Phi) is 2.92. The lowest BCUT2D eigenvalue weighted by atomic mass is 9.63. The summed E-state index contributed by atoms with van der Waals surface area (Å²) in [5.41, 5.74) is 5.83. The minimum absolute atomic E-state index is 0.866. The lowest BCUT2D eigenvalue weighted by Crippen LogP contribution is -2.36. The lowest BCUT2D eigenvalue weighted by Gasteiger charge is -2.43. The van der Waals surface area contributed by atoms with E-state index in [4.69, 9.17) is 5.73 Å². The maximum atomic E-state index is 5.83. The van der Waals surface area contributed by atoms with Gasteiger partial charge in [-0.05, 0) is 55.9 Å². The lowest BCUT2D eigenvalue weighted by molar-refractivity contribution is 0.0852. The molecule has 2 aliphatic rings. The third-order valence-electron chi connectivity index (χ3n) is 4.43. The first kappa shape index (κ1) is 9.51. The fraction of sp³-hybridized carbons (Fsp3) is 1.00. The minimum Gasteiger partial charge on any atom is -0.330 e. The van der Waals surface area contributed by atoms with Crippen molar-refractivity contribution in [1.29, 1.82) is 0 Å². The number of hydrogen-bond acceptors (Lipinski definition) is 1.